The van der Waals surface area contributed by atoms with E-state index in [1.165, 1.54) is 5.56 Å². The van der Waals surface area contributed by atoms with Gasteiger partial charge < -0.3 is 10.5 Å². The molecule has 0 saturated carbocycles. The predicted molar refractivity (Wildman–Crippen MR) is 63.7 cm³/mol. The van der Waals surface area contributed by atoms with Crippen LogP contribution < -0.4 is 5.73 Å². The van der Waals surface area contributed by atoms with Crippen LogP contribution in [0.25, 0.3) is 0 Å². The maximum Gasteiger partial charge on any atom is 0.0486 e. The van der Waals surface area contributed by atoms with Crippen molar-refractivity contribution in [1.82, 2.24) is 0 Å². The number of hydrogen-bond acceptors (Lipinski definition) is 2. The second-order valence-corrected chi connectivity index (χ2v) is 3.82. The number of benzene rings is 1. The highest BCUT2D eigenvalue weighted by molar-refractivity contribution is 5.23. The van der Waals surface area contributed by atoms with Gasteiger partial charge in [-0.25, -0.2) is 0 Å². The van der Waals surface area contributed by atoms with E-state index in [2.05, 4.69) is 19.1 Å². The van der Waals surface area contributed by atoms with Crippen molar-refractivity contribution < 1.29 is 4.74 Å². The first-order chi connectivity index (χ1) is 7.23. The molecule has 0 bridgehead atoms. The maximum atomic E-state index is 6.38. The molecule has 1 aromatic rings. The van der Waals surface area contributed by atoms with Gasteiger partial charge in [0.05, 0.1) is 0 Å². The molecule has 1 rings (SSSR count). The fourth-order valence-electron chi connectivity index (χ4n) is 1.69. The van der Waals surface area contributed by atoms with Crippen molar-refractivity contribution in [1.29, 1.82) is 0 Å². The highest BCUT2D eigenvalue weighted by atomic mass is 16.5. The van der Waals surface area contributed by atoms with E-state index in [1.807, 2.05) is 25.1 Å². The summed E-state index contributed by atoms with van der Waals surface area (Å²) in [6.45, 7) is 5.62. The van der Waals surface area contributed by atoms with Crippen LogP contribution in [-0.4, -0.2) is 13.2 Å². The summed E-state index contributed by atoms with van der Waals surface area (Å²) in [4.78, 5) is 0. The number of rotatable bonds is 6. The average Bonchev–Trinajstić information content (AvgIpc) is 2.30. The van der Waals surface area contributed by atoms with Gasteiger partial charge in [0.2, 0.25) is 0 Å². The summed E-state index contributed by atoms with van der Waals surface area (Å²) >= 11 is 0. The van der Waals surface area contributed by atoms with Gasteiger partial charge in [-0.15, -0.1) is 0 Å². The predicted octanol–water partition coefficient (Wildman–Crippen LogP) is 2.68. The van der Waals surface area contributed by atoms with Gasteiger partial charge >= 0.3 is 0 Å². The molecule has 0 aromatic heterocycles. The van der Waals surface area contributed by atoms with Gasteiger partial charge in [-0.05, 0) is 25.3 Å². The van der Waals surface area contributed by atoms with Gasteiger partial charge in [0.25, 0.3) is 0 Å². The molecule has 0 saturated heterocycles. The van der Waals surface area contributed by atoms with Crippen LogP contribution in [-0.2, 0) is 10.3 Å². The van der Waals surface area contributed by atoms with Crippen LogP contribution in [0.3, 0.4) is 0 Å². The van der Waals surface area contributed by atoms with Crippen LogP contribution >= 0.6 is 0 Å². The molecule has 0 fully saturated rings. The van der Waals surface area contributed by atoms with Gasteiger partial charge in [-0.1, -0.05) is 37.3 Å². The molecule has 0 aliphatic carbocycles. The van der Waals surface area contributed by atoms with Crippen molar-refractivity contribution in [3.05, 3.63) is 35.9 Å². The molecule has 0 aliphatic heterocycles. The Bertz CT molecular complexity index is 273. The molecular weight excluding hydrogens is 186 g/mol. The average molecular weight is 207 g/mol. The van der Waals surface area contributed by atoms with E-state index in [9.17, 15) is 0 Å². The van der Waals surface area contributed by atoms with E-state index in [0.29, 0.717) is 0 Å². The number of hydrogen-bond donors (Lipinski definition) is 1. The maximum absolute atomic E-state index is 6.38. The van der Waals surface area contributed by atoms with Crippen LogP contribution in [0.5, 0.6) is 0 Å². The zero-order chi connectivity index (χ0) is 11.1. The summed E-state index contributed by atoms with van der Waals surface area (Å²) in [6, 6.07) is 10.3. The van der Waals surface area contributed by atoms with E-state index >= 15 is 0 Å². The highest BCUT2D eigenvalue weighted by Gasteiger charge is 2.24. The monoisotopic (exact) mass is 207 g/mol. The summed E-state index contributed by atoms with van der Waals surface area (Å²) < 4.78 is 5.37. The van der Waals surface area contributed by atoms with Crippen molar-refractivity contribution in [3.63, 3.8) is 0 Å². The highest BCUT2D eigenvalue weighted by Crippen LogP contribution is 2.25. The first kappa shape index (κ1) is 12.2. The lowest BCUT2D eigenvalue weighted by Gasteiger charge is -2.28. The topological polar surface area (TPSA) is 35.2 Å². The van der Waals surface area contributed by atoms with Gasteiger partial charge in [0.1, 0.15) is 0 Å². The van der Waals surface area contributed by atoms with Crippen molar-refractivity contribution in [2.75, 3.05) is 13.2 Å². The molecule has 0 aliphatic rings. The van der Waals surface area contributed by atoms with E-state index in [-0.39, 0.29) is 5.54 Å². The lowest BCUT2D eigenvalue weighted by Crippen LogP contribution is -2.37. The molecule has 1 atom stereocenters. The minimum atomic E-state index is -0.240. The molecular formula is C13H21NO. The van der Waals surface area contributed by atoms with Gasteiger partial charge in [-0.2, -0.15) is 0 Å². The molecule has 0 spiro atoms. The van der Waals surface area contributed by atoms with E-state index < -0.39 is 0 Å². The Morgan fingerprint density at radius 2 is 1.87 bits per heavy atom. The molecule has 84 valence electrons. The smallest absolute Gasteiger partial charge is 0.0486 e. The Balaban J connectivity index is 2.67. The van der Waals surface area contributed by atoms with E-state index in [1.54, 1.807) is 0 Å². The summed E-state index contributed by atoms with van der Waals surface area (Å²) in [5, 5.41) is 0. The third kappa shape index (κ3) is 3.33. The second kappa shape index (κ2) is 5.89. The van der Waals surface area contributed by atoms with Crippen molar-refractivity contribution >= 4 is 0 Å². The van der Waals surface area contributed by atoms with Crippen LogP contribution in [0.1, 0.15) is 32.3 Å². The molecule has 0 amide bonds. The normalized spacial score (nSPS) is 14.9. The summed E-state index contributed by atoms with van der Waals surface area (Å²) in [5.74, 6) is 0. The summed E-state index contributed by atoms with van der Waals surface area (Å²) in [6.07, 6.45) is 1.81. The molecule has 15 heavy (non-hydrogen) atoms. The fraction of sp³-hybridized carbons (Fsp3) is 0.538. The third-order valence-corrected chi connectivity index (χ3v) is 2.88. The first-order valence-corrected chi connectivity index (χ1v) is 5.65. The molecule has 1 aromatic carbocycles. The lowest BCUT2D eigenvalue weighted by molar-refractivity contribution is 0.124. The zero-order valence-corrected chi connectivity index (χ0v) is 9.70. The Labute approximate surface area is 92.4 Å². The Hall–Kier alpha value is -0.860. The molecule has 2 nitrogen and oxygen atoms in total. The number of nitrogens with two attached hydrogens (primary N) is 1. The molecule has 1 unspecified atom stereocenters. The van der Waals surface area contributed by atoms with Crippen LogP contribution in [0.4, 0.5) is 0 Å². The number of ether oxygens (including phenoxy) is 1. The largest absolute Gasteiger partial charge is 0.382 e. The standard InChI is InChI=1S/C13H21NO/c1-3-13(14,10-11-15-4-2)12-8-6-5-7-9-12/h5-9H,3-4,10-11,14H2,1-2H3. The van der Waals surface area contributed by atoms with Crippen LogP contribution in [0.2, 0.25) is 0 Å². The van der Waals surface area contributed by atoms with Gasteiger partial charge in [-0.3, -0.25) is 0 Å². The molecule has 2 N–H and O–H groups in total. The van der Waals surface area contributed by atoms with Gasteiger partial charge in [0, 0.05) is 18.8 Å². The Kier molecular flexibility index (Phi) is 4.79. The second-order valence-electron chi connectivity index (χ2n) is 3.82. The zero-order valence-electron chi connectivity index (χ0n) is 9.70. The quantitative estimate of drug-likeness (QED) is 0.728. The lowest BCUT2D eigenvalue weighted by atomic mass is 9.85. The molecule has 0 heterocycles. The SMILES string of the molecule is CCOCCC(N)(CC)c1ccccc1. The van der Waals surface area contributed by atoms with Gasteiger partial charge in [0.15, 0.2) is 0 Å². The van der Waals surface area contributed by atoms with Crippen molar-refractivity contribution in [3.8, 4) is 0 Å². The molecule has 2 heteroatoms. The van der Waals surface area contributed by atoms with Crippen molar-refractivity contribution in [2.24, 2.45) is 5.73 Å². The van der Waals surface area contributed by atoms with E-state index in [4.69, 9.17) is 10.5 Å². The van der Waals surface area contributed by atoms with Crippen LogP contribution in [0.15, 0.2) is 30.3 Å². The fourth-order valence-corrected chi connectivity index (χ4v) is 1.69. The Morgan fingerprint density at radius 1 is 1.20 bits per heavy atom. The minimum Gasteiger partial charge on any atom is -0.382 e. The van der Waals surface area contributed by atoms with Crippen molar-refractivity contribution in [2.45, 2.75) is 32.2 Å². The van der Waals surface area contributed by atoms with E-state index in [0.717, 1.165) is 26.1 Å². The van der Waals surface area contributed by atoms with Crippen LogP contribution in [0, 0.1) is 0 Å². The Morgan fingerprint density at radius 3 is 2.40 bits per heavy atom. The first-order valence-electron chi connectivity index (χ1n) is 5.65. The summed E-state index contributed by atoms with van der Waals surface area (Å²) in [7, 11) is 0. The minimum absolute atomic E-state index is 0.240. The molecule has 0 radical (unpaired) electrons. The summed E-state index contributed by atoms with van der Waals surface area (Å²) in [5.41, 5.74) is 7.34. The third-order valence-electron chi connectivity index (χ3n) is 2.88.